The van der Waals surface area contributed by atoms with Gasteiger partial charge in [0.1, 0.15) is 0 Å². The highest BCUT2D eigenvalue weighted by molar-refractivity contribution is 7.93. The van der Waals surface area contributed by atoms with Crippen LogP contribution in [-0.2, 0) is 20.0 Å². The minimum absolute atomic E-state index is 0.00446. The number of rotatable bonds is 8. The van der Waals surface area contributed by atoms with Gasteiger partial charge in [0.05, 0.1) is 29.7 Å². The normalized spacial score (nSPS) is 11.6. The van der Waals surface area contributed by atoms with E-state index < -0.39 is 20.0 Å². The first-order chi connectivity index (χ1) is 14.7. The summed E-state index contributed by atoms with van der Waals surface area (Å²) in [5.74, 6) is 0.672. The van der Waals surface area contributed by atoms with Gasteiger partial charge in [0.15, 0.2) is 11.5 Å². The summed E-state index contributed by atoms with van der Waals surface area (Å²) in [5.41, 5.74) is 1.47. The van der Waals surface area contributed by atoms with Crippen molar-refractivity contribution in [2.24, 2.45) is 0 Å². The van der Waals surface area contributed by atoms with Gasteiger partial charge in [-0.15, -0.1) is 0 Å². The van der Waals surface area contributed by atoms with Gasteiger partial charge < -0.3 is 9.47 Å². The number of hydrogen-bond donors (Lipinski definition) is 2. The molecule has 0 spiro atoms. The molecular formula is C21H22N2O6S2. The Morgan fingerprint density at radius 3 is 1.87 bits per heavy atom. The molecule has 0 aliphatic rings. The number of benzene rings is 3. The Hall–Kier alpha value is -3.24. The number of hydrogen-bond acceptors (Lipinski definition) is 6. The summed E-state index contributed by atoms with van der Waals surface area (Å²) in [7, 11) is -4.89. The predicted octanol–water partition coefficient (Wildman–Crippen LogP) is 3.61. The van der Waals surface area contributed by atoms with Crippen molar-refractivity contribution < 1.29 is 26.3 Å². The van der Waals surface area contributed by atoms with Gasteiger partial charge in [0.2, 0.25) is 0 Å². The molecule has 3 aromatic rings. The van der Waals surface area contributed by atoms with Crippen LogP contribution in [0, 0.1) is 6.92 Å². The molecule has 0 aliphatic heterocycles. The van der Waals surface area contributed by atoms with Crippen LogP contribution in [0.5, 0.6) is 11.5 Å². The Labute approximate surface area is 181 Å². The van der Waals surface area contributed by atoms with Crippen molar-refractivity contribution >= 4 is 31.4 Å². The van der Waals surface area contributed by atoms with E-state index in [1.165, 1.54) is 56.7 Å². The first-order valence-electron chi connectivity index (χ1n) is 9.09. The third-order valence-electron chi connectivity index (χ3n) is 4.47. The van der Waals surface area contributed by atoms with Crippen molar-refractivity contribution in [3.05, 3.63) is 72.3 Å². The minimum Gasteiger partial charge on any atom is -0.493 e. The van der Waals surface area contributed by atoms with Gasteiger partial charge in [0.25, 0.3) is 20.0 Å². The van der Waals surface area contributed by atoms with Crippen LogP contribution in [-0.4, -0.2) is 31.1 Å². The lowest BCUT2D eigenvalue weighted by atomic mass is 10.2. The summed E-state index contributed by atoms with van der Waals surface area (Å²) in [5, 5.41) is 0. The zero-order valence-corrected chi connectivity index (χ0v) is 18.7. The van der Waals surface area contributed by atoms with Gasteiger partial charge >= 0.3 is 0 Å². The van der Waals surface area contributed by atoms with Gasteiger partial charge in [-0.05, 0) is 55.0 Å². The summed E-state index contributed by atoms with van der Waals surface area (Å²) >= 11 is 0. The Morgan fingerprint density at radius 1 is 0.677 bits per heavy atom. The van der Waals surface area contributed by atoms with Crippen molar-refractivity contribution in [3.8, 4) is 11.5 Å². The molecule has 0 saturated carbocycles. The van der Waals surface area contributed by atoms with E-state index in [1.807, 2.05) is 6.07 Å². The van der Waals surface area contributed by atoms with E-state index in [0.29, 0.717) is 11.4 Å². The number of sulfonamides is 2. The highest BCUT2D eigenvalue weighted by Crippen LogP contribution is 2.30. The van der Waals surface area contributed by atoms with Crippen molar-refractivity contribution in [2.75, 3.05) is 23.7 Å². The number of para-hydroxylation sites is 1. The van der Waals surface area contributed by atoms with Crippen LogP contribution >= 0.6 is 0 Å². The average Bonchev–Trinajstić information content (AvgIpc) is 2.74. The molecule has 0 heterocycles. The van der Waals surface area contributed by atoms with Crippen LogP contribution in [0.15, 0.2) is 76.5 Å². The van der Waals surface area contributed by atoms with Gasteiger partial charge in [-0.1, -0.05) is 18.2 Å². The summed E-state index contributed by atoms with van der Waals surface area (Å²) in [6.07, 6.45) is 0. The maximum absolute atomic E-state index is 12.7. The maximum atomic E-state index is 12.7. The SMILES string of the molecule is COc1ccc(S(=O)(=O)Nc2ccc(S(=O)(=O)Nc3ccccc3C)cc2)cc1OC. The van der Waals surface area contributed by atoms with Crippen LogP contribution in [0.2, 0.25) is 0 Å². The van der Waals surface area contributed by atoms with Crippen LogP contribution in [0.1, 0.15) is 5.56 Å². The lowest BCUT2D eigenvalue weighted by molar-refractivity contribution is 0.354. The zero-order chi connectivity index (χ0) is 22.6. The molecule has 164 valence electrons. The molecule has 10 heteroatoms. The Bertz CT molecular complexity index is 1290. The molecule has 0 atom stereocenters. The molecular weight excluding hydrogens is 440 g/mol. The highest BCUT2D eigenvalue weighted by atomic mass is 32.2. The molecule has 0 bridgehead atoms. The average molecular weight is 463 g/mol. The van der Waals surface area contributed by atoms with Crippen molar-refractivity contribution in [1.29, 1.82) is 0 Å². The monoisotopic (exact) mass is 462 g/mol. The summed E-state index contributed by atoms with van der Waals surface area (Å²) in [4.78, 5) is -0.0205. The summed E-state index contributed by atoms with van der Waals surface area (Å²) < 4.78 is 65.8. The molecule has 3 rings (SSSR count). The molecule has 0 aliphatic carbocycles. The third-order valence-corrected chi connectivity index (χ3v) is 7.23. The van der Waals surface area contributed by atoms with E-state index in [0.717, 1.165) is 5.56 Å². The molecule has 0 saturated heterocycles. The first kappa shape index (κ1) is 22.4. The van der Waals surface area contributed by atoms with E-state index in [-0.39, 0.29) is 21.2 Å². The number of nitrogens with one attached hydrogen (secondary N) is 2. The molecule has 0 fully saturated rings. The van der Waals surface area contributed by atoms with Gasteiger partial charge in [-0.25, -0.2) is 16.8 Å². The largest absolute Gasteiger partial charge is 0.493 e. The lowest BCUT2D eigenvalue weighted by Crippen LogP contribution is -2.15. The van der Waals surface area contributed by atoms with Crippen molar-refractivity contribution in [3.63, 3.8) is 0 Å². The Kier molecular flexibility index (Phi) is 6.42. The van der Waals surface area contributed by atoms with E-state index in [2.05, 4.69) is 9.44 Å². The molecule has 2 N–H and O–H groups in total. The fourth-order valence-electron chi connectivity index (χ4n) is 2.79. The lowest BCUT2D eigenvalue weighted by Gasteiger charge is -2.13. The number of aryl methyl sites for hydroxylation is 1. The van der Waals surface area contributed by atoms with Gasteiger partial charge in [0, 0.05) is 11.8 Å². The fourth-order valence-corrected chi connectivity index (χ4v) is 5.00. The smallest absolute Gasteiger partial charge is 0.262 e. The second kappa shape index (κ2) is 8.86. The molecule has 31 heavy (non-hydrogen) atoms. The molecule has 0 aromatic heterocycles. The minimum atomic E-state index is -3.92. The molecule has 0 radical (unpaired) electrons. The standard InChI is InChI=1S/C21H22N2O6S2/c1-15-6-4-5-7-19(15)23-30(24,25)17-10-8-16(9-11-17)22-31(26,27)18-12-13-20(28-2)21(14-18)29-3/h4-14,22-23H,1-3H3. The Morgan fingerprint density at radius 2 is 1.26 bits per heavy atom. The van der Waals surface area contributed by atoms with Crippen LogP contribution in [0.3, 0.4) is 0 Å². The Balaban J connectivity index is 1.81. The highest BCUT2D eigenvalue weighted by Gasteiger charge is 2.19. The summed E-state index contributed by atoms with van der Waals surface area (Å²) in [6, 6.07) is 16.6. The third kappa shape index (κ3) is 5.09. The van der Waals surface area contributed by atoms with E-state index in [9.17, 15) is 16.8 Å². The quantitative estimate of drug-likeness (QED) is 0.529. The van der Waals surface area contributed by atoms with E-state index in [4.69, 9.17) is 9.47 Å². The molecule has 8 nitrogen and oxygen atoms in total. The van der Waals surface area contributed by atoms with E-state index in [1.54, 1.807) is 25.1 Å². The molecule has 0 amide bonds. The molecule has 3 aromatic carbocycles. The van der Waals surface area contributed by atoms with Crippen molar-refractivity contribution in [1.82, 2.24) is 0 Å². The molecule has 0 unspecified atom stereocenters. The van der Waals surface area contributed by atoms with Crippen molar-refractivity contribution in [2.45, 2.75) is 16.7 Å². The van der Waals surface area contributed by atoms with Gasteiger partial charge in [-0.2, -0.15) is 0 Å². The first-order valence-corrected chi connectivity index (χ1v) is 12.1. The number of anilines is 2. The fraction of sp³-hybridized carbons (Fsp3) is 0.143. The van der Waals surface area contributed by atoms with E-state index >= 15 is 0 Å². The topological polar surface area (TPSA) is 111 Å². The van der Waals surface area contributed by atoms with Crippen LogP contribution in [0.4, 0.5) is 11.4 Å². The van der Waals surface area contributed by atoms with Crippen LogP contribution < -0.4 is 18.9 Å². The maximum Gasteiger partial charge on any atom is 0.262 e. The van der Waals surface area contributed by atoms with Crippen LogP contribution in [0.25, 0.3) is 0 Å². The predicted molar refractivity (Wildman–Crippen MR) is 119 cm³/mol. The number of methoxy groups -OCH3 is 2. The van der Waals surface area contributed by atoms with Gasteiger partial charge in [-0.3, -0.25) is 9.44 Å². The second-order valence-electron chi connectivity index (χ2n) is 6.57. The second-order valence-corrected chi connectivity index (χ2v) is 9.93. The summed E-state index contributed by atoms with van der Waals surface area (Å²) in [6.45, 7) is 1.80. The number of ether oxygens (including phenoxy) is 2. The zero-order valence-electron chi connectivity index (χ0n) is 17.1.